The quantitative estimate of drug-likeness (QED) is 0.894. The van der Waals surface area contributed by atoms with Crippen molar-refractivity contribution in [1.29, 1.82) is 0 Å². The minimum atomic E-state index is 0.109. The first-order valence-electron chi connectivity index (χ1n) is 7.66. The van der Waals surface area contributed by atoms with Gasteiger partial charge in [-0.15, -0.1) is 0 Å². The lowest BCUT2D eigenvalue weighted by Crippen LogP contribution is -2.52. The molecule has 2 aliphatic heterocycles. The van der Waals surface area contributed by atoms with Crippen molar-refractivity contribution in [3.8, 4) is 5.75 Å². The second kappa shape index (κ2) is 6.45. The Kier molecular flexibility index (Phi) is 4.41. The van der Waals surface area contributed by atoms with Gasteiger partial charge in [0.25, 0.3) is 5.91 Å². The highest BCUT2D eigenvalue weighted by molar-refractivity contribution is 5.94. The third-order valence-electron chi connectivity index (χ3n) is 4.47. The number of methoxy groups -OCH3 is 1. The van der Waals surface area contributed by atoms with Crippen LogP contribution in [0.15, 0.2) is 24.3 Å². The summed E-state index contributed by atoms with van der Waals surface area (Å²) in [6.45, 7) is 5.78. The van der Waals surface area contributed by atoms with Crippen LogP contribution in [0.25, 0.3) is 0 Å². The van der Waals surface area contributed by atoms with Crippen LogP contribution in [0.4, 0.5) is 0 Å². The third-order valence-corrected chi connectivity index (χ3v) is 4.47. The number of piperazine rings is 1. The van der Waals surface area contributed by atoms with Crippen LogP contribution in [-0.2, 0) is 0 Å². The number of carbonyl (C=O) groups is 1. The molecule has 0 saturated carbocycles. The normalized spacial score (nSPS) is 23.3. The van der Waals surface area contributed by atoms with Gasteiger partial charge in [-0.3, -0.25) is 9.69 Å². The lowest BCUT2D eigenvalue weighted by molar-refractivity contribution is 0.0583. The number of benzene rings is 1. The lowest BCUT2D eigenvalue weighted by atomic mass is 10.1. The van der Waals surface area contributed by atoms with E-state index in [1.807, 2.05) is 29.2 Å². The summed E-state index contributed by atoms with van der Waals surface area (Å²) in [6, 6.07) is 8.06. The number of nitrogens with zero attached hydrogens (tertiary/aromatic N) is 2. The van der Waals surface area contributed by atoms with Gasteiger partial charge in [-0.1, -0.05) is 6.07 Å². The van der Waals surface area contributed by atoms with Crippen molar-refractivity contribution in [3.05, 3.63) is 29.8 Å². The zero-order valence-corrected chi connectivity index (χ0v) is 12.5. The molecule has 1 aromatic rings. The van der Waals surface area contributed by atoms with Crippen LogP contribution >= 0.6 is 0 Å². The summed E-state index contributed by atoms with van der Waals surface area (Å²) in [4.78, 5) is 17.0. The number of hydrogen-bond acceptors (Lipinski definition) is 4. The zero-order chi connectivity index (χ0) is 14.7. The van der Waals surface area contributed by atoms with Gasteiger partial charge in [0.2, 0.25) is 0 Å². The summed E-state index contributed by atoms with van der Waals surface area (Å²) < 4.78 is 5.19. The lowest BCUT2D eigenvalue weighted by Gasteiger charge is -2.37. The van der Waals surface area contributed by atoms with E-state index in [2.05, 4.69) is 10.2 Å². The fraction of sp³-hybridized carbons (Fsp3) is 0.562. The van der Waals surface area contributed by atoms with E-state index in [-0.39, 0.29) is 5.91 Å². The molecule has 0 aliphatic carbocycles. The molecule has 21 heavy (non-hydrogen) atoms. The molecule has 5 nitrogen and oxygen atoms in total. The second-order valence-corrected chi connectivity index (χ2v) is 5.71. The molecule has 1 atom stereocenters. The summed E-state index contributed by atoms with van der Waals surface area (Å²) >= 11 is 0. The molecule has 1 N–H and O–H groups in total. The second-order valence-electron chi connectivity index (χ2n) is 5.71. The number of nitrogens with one attached hydrogen (secondary N) is 1. The molecular weight excluding hydrogens is 266 g/mol. The van der Waals surface area contributed by atoms with Gasteiger partial charge >= 0.3 is 0 Å². The summed E-state index contributed by atoms with van der Waals surface area (Å²) in [5.41, 5.74) is 0.713. The van der Waals surface area contributed by atoms with Crippen LogP contribution in [0.1, 0.15) is 16.8 Å². The Hall–Kier alpha value is -1.59. The van der Waals surface area contributed by atoms with Crippen molar-refractivity contribution in [3.63, 3.8) is 0 Å². The van der Waals surface area contributed by atoms with Crippen LogP contribution in [0, 0.1) is 0 Å². The van der Waals surface area contributed by atoms with E-state index in [9.17, 15) is 4.79 Å². The van der Waals surface area contributed by atoms with Crippen molar-refractivity contribution < 1.29 is 9.53 Å². The fourth-order valence-electron chi connectivity index (χ4n) is 3.18. The van der Waals surface area contributed by atoms with E-state index in [0.29, 0.717) is 11.6 Å². The van der Waals surface area contributed by atoms with E-state index >= 15 is 0 Å². The summed E-state index contributed by atoms with van der Waals surface area (Å²) in [6.07, 6.45) is 1.23. The Labute approximate surface area is 125 Å². The molecule has 2 aliphatic rings. The molecule has 5 heteroatoms. The Morgan fingerprint density at radius 2 is 2.10 bits per heavy atom. The van der Waals surface area contributed by atoms with Crippen molar-refractivity contribution in [2.45, 2.75) is 12.5 Å². The number of ether oxygens (including phenoxy) is 1. The third kappa shape index (κ3) is 3.19. The Morgan fingerprint density at radius 3 is 2.76 bits per heavy atom. The molecule has 0 spiro atoms. The minimum absolute atomic E-state index is 0.109. The topological polar surface area (TPSA) is 44.8 Å². The van der Waals surface area contributed by atoms with Gasteiger partial charge in [-0.05, 0) is 31.2 Å². The van der Waals surface area contributed by atoms with E-state index in [4.69, 9.17) is 4.74 Å². The molecule has 1 unspecified atom stereocenters. The standard InChI is InChI=1S/C16H23N3O2/c1-21-15-4-2-3-13(11-15)16(20)19-9-7-18(8-10-19)14-5-6-17-12-14/h2-4,11,14,17H,5-10,12H2,1H3. The highest BCUT2D eigenvalue weighted by Gasteiger charge is 2.28. The number of hydrogen-bond donors (Lipinski definition) is 1. The smallest absolute Gasteiger partial charge is 0.254 e. The SMILES string of the molecule is COc1cccc(C(=O)N2CCN(C3CCNC3)CC2)c1. The van der Waals surface area contributed by atoms with Gasteiger partial charge in [-0.2, -0.15) is 0 Å². The number of rotatable bonds is 3. The maximum atomic E-state index is 12.5. The molecule has 1 aromatic carbocycles. The first-order valence-corrected chi connectivity index (χ1v) is 7.66. The Morgan fingerprint density at radius 1 is 1.29 bits per heavy atom. The summed E-state index contributed by atoms with van der Waals surface area (Å²) in [5, 5.41) is 3.41. The maximum absolute atomic E-state index is 12.5. The molecule has 0 radical (unpaired) electrons. The van der Waals surface area contributed by atoms with E-state index in [1.165, 1.54) is 6.42 Å². The molecule has 0 bridgehead atoms. The average molecular weight is 289 g/mol. The van der Waals surface area contributed by atoms with E-state index < -0.39 is 0 Å². The molecule has 3 rings (SSSR count). The van der Waals surface area contributed by atoms with Gasteiger partial charge in [0.05, 0.1) is 7.11 Å². The molecule has 2 heterocycles. The van der Waals surface area contributed by atoms with Crippen LogP contribution in [-0.4, -0.2) is 68.1 Å². The molecule has 1 amide bonds. The minimum Gasteiger partial charge on any atom is -0.497 e. The van der Waals surface area contributed by atoms with Crippen molar-refractivity contribution in [2.24, 2.45) is 0 Å². The van der Waals surface area contributed by atoms with Gasteiger partial charge in [0.1, 0.15) is 5.75 Å². The van der Waals surface area contributed by atoms with Crippen LogP contribution in [0.2, 0.25) is 0 Å². The maximum Gasteiger partial charge on any atom is 0.254 e. The molecule has 0 aromatic heterocycles. The van der Waals surface area contributed by atoms with Crippen LogP contribution in [0.5, 0.6) is 5.75 Å². The predicted molar refractivity (Wildman–Crippen MR) is 81.7 cm³/mol. The largest absolute Gasteiger partial charge is 0.497 e. The molecule has 2 saturated heterocycles. The zero-order valence-electron chi connectivity index (χ0n) is 12.5. The Bertz CT molecular complexity index is 492. The highest BCUT2D eigenvalue weighted by Crippen LogP contribution is 2.17. The molecule has 114 valence electrons. The fourth-order valence-corrected chi connectivity index (χ4v) is 3.18. The Balaban J connectivity index is 1.59. The van der Waals surface area contributed by atoms with Crippen molar-refractivity contribution in [1.82, 2.24) is 15.1 Å². The van der Waals surface area contributed by atoms with Gasteiger partial charge in [0, 0.05) is 44.3 Å². The average Bonchev–Trinajstić information content (AvgIpc) is 3.09. The number of amides is 1. The van der Waals surface area contributed by atoms with E-state index in [1.54, 1.807) is 7.11 Å². The summed E-state index contributed by atoms with van der Waals surface area (Å²) in [7, 11) is 1.62. The first kappa shape index (κ1) is 14.4. The monoisotopic (exact) mass is 289 g/mol. The molecule has 2 fully saturated rings. The van der Waals surface area contributed by atoms with Gasteiger partial charge in [-0.25, -0.2) is 0 Å². The first-order chi connectivity index (χ1) is 10.3. The predicted octanol–water partition coefficient (Wildman–Crippen LogP) is 0.815. The van der Waals surface area contributed by atoms with Crippen molar-refractivity contribution in [2.75, 3.05) is 46.4 Å². The van der Waals surface area contributed by atoms with Crippen LogP contribution < -0.4 is 10.1 Å². The van der Waals surface area contributed by atoms with Crippen molar-refractivity contribution >= 4 is 5.91 Å². The van der Waals surface area contributed by atoms with Gasteiger partial charge < -0.3 is 15.0 Å². The van der Waals surface area contributed by atoms with Crippen LogP contribution in [0.3, 0.4) is 0 Å². The number of carbonyl (C=O) groups excluding carboxylic acids is 1. The highest BCUT2D eigenvalue weighted by atomic mass is 16.5. The van der Waals surface area contributed by atoms with E-state index in [0.717, 1.165) is 45.0 Å². The molecular formula is C16H23N3O2. The summed E-state index contributed by atoms with van der Waals surface area (Å²) in [5.74, 6) is 0.842. The van der Waals surface area contributed by atoms with Gasteiger partial charge in [0.15, 0.2) is 0 Å².